The fourth-order valence-electron chi connectivity index (χ4n) is 3.60. The van der Waals surface area contributed by atoms with E-state index in [2.05, 4.69) is 101 Å². The first-order valence-electron chi connectivity index (χ1n) is 8.42. The largest absolute Gasteiger partial charge is 0.299 e. The second-order valence-corrected chi connectivity index (χ2v) is 6.12. The first-order valence-corrected chi connectivity index (χ1v) is 8.42. The van der Waals surface area contributed by atoms with Gasteiger partial charge in [0.05, 0.1) is 5.69 Å². The van der Waals surface area contributed by atoms with E-state index in [0.717, 1.165) is 5.65 Å². The molecule has 0 fully saturated rings. The number of fused-ring (bicyclic) bond motifs is 3. The maximum atomic E-state index is 4.63. The molecule has 5 aromatic rings. The standard InChI is InChI=1S/C23H16N2/c1-3-9-17(10-4-1)21-19-13-7-8-14-20(19)23-24-15-16-25(23)22(21)18-11-5-2-6-12-18/h1-16H. The Hall–Kier alpha value is -3.39. The molecule has 25 heavy (non-hydrogen) atoms. The van der Waals surface area contributed by atoms with Crippen molar-refractivity contribution in [1.29, 1.82) is 0 Å². The van der Waals surface area contributed by atoms with Gasteiger partial charge in [0.15, 0.2) is 0 Å². The topological polar surface area (TPSA) is 17.3 Å². The summed E-state index contributed by atoms with van der Waals surface area (Å²) < 4.78 is 2.21. The highest BCUT2D eigenvalue weighted by Gasteiger charge is 2.17. The molecule has 0 radical (unpaired) electrons. The van der Waals surface area contributed by atoms with Crippen molar-refractivity contribution in [3.8, 4) is 22.4 Å². The SMILES string of the molecule is c1ccc(-c2c(-c3ccccc3)n3ccnc3c3ccccc23)cc1. The molecular formula is C23H16N2. The number of rotatable bonds is 2. The van der Waals surface area contributed by atoms with Crippen molar-refractivity contribution in [2.45, 2.75) is 0 Å². The minimum Gasteiger partial charge on any atom is -0.299 e. The van der Waals surface area contributed by atoms with Crippen molar-refractivity contribution < 1.29 is 0 Å². The smallest absolute Gasteiger partial charge is 0.145 e. The molecule has 0 amide bonds. The van der Waals surface area contributed by atoms with Crippen molar-refractivity contribution in [3.05, 3.63) is 97.3 Å². The Bertz CT molecular complexity index is 1170. The monoisotopic (exact) mass is 320 g/mol. The zero-order valence-corrected chi connectivity index (χ0v) is 13.6. The third-order valence-electron chi connectivity index (χ3n) is 4.67. The molecule has 118 valence electrons. The Morgan fingerprint density at radius 2 is 1.20 bits per heavy atom. The van der Waals surface area contributed by atoms with E-state index in [1.807, 2.05) is 6.20 Å². The first-order chi connectivity index (χ1) is 12.4. The number of aromatic nitrogens is 2. The van der Waals surface area contributed by atoms with Crippen molar-refractivity contribution in [2.75, 3.05) is 0 Å². The third-order valence-corrected chi connectivity index (χ3v) is 4.67. The van der Waals surface area contributed by atoms with E-state index in [9.17, 15) is 0 Å². The highest BCUT2D eigenvalue weighted by molar-refractivity contribution is 6.08. The van der Waals surface area contributed by atoms with Crippen LogP contribution in [0.25, 0.3) is 38.8 Å². The molecule has 2 nitrogen and oxygen atoms in total. The Kier molecular flexibility index (Phi) is 3.14. The second kappa shape index (κ2) is 5.60. The van der Waals surface area contributed by atoms with Crippen LogP contribution >= 0.6 is 0 Å². The lowest BCUT2D eigenvalue weighted by Crippen LogP contribution is -1.97. The van der Waals surface area contributed by atoms with Gasteiger partial charge in [-0.25, -0.2) is 4.98 Å². The van der Waals surface area contributed by atoms with Gasteiger partial charge in [0.1, 0.15) is 5.65 Å². The van der Waals surface area contributed by atoms with E-state index in [4.69, 9.17) is 0 Å². The molecule has 2 heteroatoms. The lowest BCUT2D eigenvalue weighted by Gasteiger charge is -2.17. The molecular weight excluding hydrogens is 304 g/mol. The maximum absolute atomic E-state index is 4.63. The molecule has 0 bridgehead atoms. The molecule has 0 aliphatic rings. The number of imidazole rings is 1. The lowest BCUT2D eigenvalue weighted by molar-refractivity contribution is 1.21. The van der Waals surface area contributed by atoms with Crippen molar-refractivity contribution in [2.24, 2.45) is 0 Å². The molecule has 0 atom stereocenters. The van der Waals surface area contributed by atoms with Crippen LogP contribution in [0.15, 0.2) is 97.3 Å². The highest BCUT2D eigenvalue weighted by Crippen LogP contribution is 2.39. The van der Waals surface area contributed by atoms with Crippen molar-refractivity contribution in [3.63, 3.8) is 0 Å². The van der Waals surface area contributed by atoms with Crippen LogP contribution in [-0.2, 0) is 0 Å². The van der Waals surface area contributed by atoms with Crippen LogP contribution in [0.2, 0.25) is 0 Å². The quantitative estimate of drug-likeness (QED) is 0.400. The molecule has 3 aromatic carbocycles. The minimum absolute atomic E-state index is 0.995. The van der Waals surface area contributed by atoms with Crippen LogP contribution in [0.5, 0.6) is 0 Å². The molecule has 0 aliphatic heterocycles. The number of nitrogens with zero attached hydrogens (tertiary/aromatic N) is 2. The number of benzene rings is 3. The Morgan fingerprint density at radius 1 is 0.600 bits per heavy atom. The van der Waals surface area contributed by atoms with Crippen LogP contribution < -0.4 is 0 Å². The van der Waals surface area contributed by atoms with Crippen molar-refractivity contribution in [1.82, 2.24) is 9.38 Å². The molecule has 0 aliphatic carbocycles. The molecule has 0 saturated heterocycles. The third kappa shape index (κ3) is 2.15. The Morgan fingerprint density at radius 3 is 1.92 bits per heavy atom. The van der Waals surface area contributed by atoms with E-state index < -0.39 is 0 Å². The average molecular weight is 320 g/mol. The number of pyridine rings is 1. The molecule has 0 N–H and O–H groups in total. The van der Waals surface area contributed by atoms with E-state index in [1.165, 1.54) is 33.2 Å². The highest BCUT2D eigenvalue weighted by atomic mass is 15.0. The van der Waals surface area contributed by atoms with Crippen molar-refractivity contribution >= 4 is 16.4 Å². The summed E-state index contributed by atoms with van der Waals surface area (Å²) in [6, 6.07) is 29.7. The molecule has 0 unspecified atom stereocenters. The van der Waals surface area contributed by atoms with Crippen LogP contribution in [0, 0.1) is 0 Å². The van der Waals surface area contributed by atoms with Crippen LogP contribution in [0.1, 0.15) is 0 Å². The predicted octanol–water partition coefficient (Wildman–Crippen LogP) is 5.82. The van der Waals surface area contributed by atoms with Gasteiger partial charge in [-0.15, -0.1) is 0 Å². The molecule has 0 spiro atoms. The summed E-state index contributed by atoms with van der Waals surface area (Å²) in [5.74, 6) is 0. The van der Waals surface area contributed by atoms with Crippen LogP contribution in [0.4, 0.5) is 0 Å². The molecule has 2 heterocycles. The average Bonchev–Trinajstić information content (AvgIpc) is 3.18. The van der Waals surface area contributed by atoms with E-state index in [0.29, 0.717) is 0 Å². The van der Waals surface area contributed by atoms with E-state index in [1.54, 1.807) is 0 Å². The molecule has 2 aromatic heterocycles. The Labute approximate surface area is 146 Å². The first kappa shape index (κ1) is 14.0. The molecule has 5 rings (SSSR count). The van der Waals surface area contributed by atoms with E-state index >= 15 is 0 Å². The summed E-state index contributed by atoms with van der Waals surface area (Å²) in [6.07, 6.45) is 3.93. The van der Waals surface area contributed by atoms with Gasteiger partial charge in [0.25, 0.3) is 0 Å². The van der Waals surface area contributed by atoms with Crippen LogP contribution in [0.3, 0.4) is 0 Å². The summed E-state index contributed by atoms with van der Waals surface area (Å²) in [6.45, 7) is 0. The van der Waals surface area contributed by atoms with Crippen LogP contribution in [-0.4, -0.2) is 9.38 Å². The maximum Gasteiger partial charge on any atom is 0.145 e. The van der Waals surface area contributed by atoms with Gasteiger partial charge in [-0.05, 0) is 16.5 Å². The summed E-state index contributed by atoms with van der Waals surface area (Å²) in [7, 11) is 0. The second-order valence-electron chi connectivity index (χ2n) is 6.12. The Balaban J connectivity index is 2.04. The zero-order chi connectivity index (χ0) is 16.6. The fraction of sp³-hybridized carbons (Fsp3) is 0. The lowest BCUT2D eigenvalue weighted by atomic mass is 9.94. The van der Waals surface area contributed by atoms with Gasteiger partial charge in [0, 0.05) is 23.3 Å². The summed E-state index contributed by atoms with van der Waals surface area (Å²) in [5, 5.41) is 2.40. The fourth-order valence-corrected chi connectivity index (χ4v) is 3.60. The number of hydrogen-bond acceptors (Lipinski definition) is 1. The van der Waals surface area contributed by atoms with Gasteiger partial charge >= 0.3 is 0 Å². The predicted molar refractivity (Wildman–Crippen MR) is 104 cm³/mol. The normalized spacial score (nSPS) is 11.2. The van der Waals surface area contributed by atoms with Gasteiger partial charge in [0.2, 0.25) is 0 Å². The van der Waals surface area contributed by atoms with Gasteiger partial charge < -0.3 is 0 Å². The number of hydrogen-bond donors (Lipinski definition) is 0. The van der Waals surface area contributed by atoms with E-state index in [-0.39, 0.29) is 0 Å². The van der Waals surface area contributed by atoms with Gasteiger partial charge in [-0.3, -0.25) is 4.40 Å². The van der Waals surface area contributed by atoms with Gasteiger partial charge in [-0.2, -0.15) is 0 Å². The zero-order valence-electron chi connectivity index (χ0n) is 13.6. The summed E-state index contributed by atoms with van der Waals surface area (Å²) in [5.41, 5.74) is 5.82. The summed E-state index contributed by atoms with van der Waals surface area (Å²) in [4.78, 5) is 4.63. The summed E-state index contributed by atoms with van der Waals surface area (Å²) >= 11 is 0. The molecule has 0 saturated carbocycles. The minimum atomic E-state index is 0.995. The van der Waals surface area contributed by atoms with Gasteiger partial charge in [-0.1, -0.05) is 84.9 Å².